The Labute approximate surface area is 262 Å². The van der Waals surface area contributed by atoms with Crippen LogP contribution < -0.4 is 5.73 Å². The van der Waals surface area contributed by atoms with E-state index in [2.05, 4.69) is 18.7 Å². The Hall–Kier alpha value is -0.690. The quantitative estimate of drug-likeness (QED) is 0.0736. The van der Waals surface area contributed by atoms with Crippen LogP contribution in [0.4, 0.5) is 0 Å². The first-order chi connectivity index (χ1) is 20.5. The lowest BCUT2D eigenvalue weighted by Crippen LogP contribution is -2.45. The number of nitrogens with zero attached hydrogens (tertiary/aromatic N) is 1. The number of ether oxygens (including phenoxy) is 3. The molecule has 0 radical (unpaired) electrons. The molecule has 0 bridgehead atoms. The van der Waals surface area contributed by atoms with Crippen LogP contribution in [-0.4, -0.2) is 70.1 Å². The predicted molar refractivity (Wildman–Crippen MR) is 180 cm³/mol. The lowest BCUT2D eigenvalue weighted by Gasteiger charge is -2.25. The normalized spacial score (nSPS) is 13.2. The number of carbonyl (C=O) groups is 1. The number of unbranched alkanes of at least 4 members (excludes halogenated alkanes) is 22. The summed E-state index contributed by atoms with van der Waals surface area (Å²) in [6, 6.07) is 0. The van der Waals surface area contributed by atoms with Crippen LogP contribution in [0, 0.1) is 0 Å². The zero-order valence-corrected chi connectivity index (χ0v) is 28.8. The number of carbonyl (C=O) groups excluding carboxylic acids is 1. The maximum atomic E-state index is 12.3. The third-order valence-corrected chi connectivity index (χ3v) is 8.21. The van der Waals surface area contributed by atoms with Crippen LogP contribution in [-0.2, 0) is 19.0 Å². The van der Waals surface area contributed by atoms with Gasteiger partial charge in [-0.25, -0.2) is 0 Å². The van der Waals surface area contributed by atoms with Crippen molar-refractivity contribution in [3.63, 3.8) is 0 Å². The standard InChI is InChI=1S/C36H74N2O4/c1-5-7-9-11-13-15-17-19-21-23-25-27-30-41-34(33-40-32-29-38(3)4)35(36(37)39)42-31-28-26-24-22-20-18-16-14-12-10-8-6-2/h34-35H,5-33H2,1-4H3,(H2,37,39). The van der Waals surface area contributed by atoms with Gasteiger partial charge in [-0.2, -0.15) is 0 Å². The molecule has 6 nitrogen and oxygen atoms in total. The summed E-state index contributed by atoms with van der Waals surface area (Å²) >= 11 is 0. The molecule has 0 aromatic rings. The Morgan fingerprint density at radius 2 is 0.905 bits per heavy atom. The summed E-state index contributed by atoms with van der Waals surface area (Å²) in [6.45, 7) is 7.46. The predicted octanol–water partition coefficient (Wildman–Crippen LogP) is 9.22. The van der Waals surface area contributed by atoms with Gasteiger partial charge in [-0.1, -0.05) is 155 Å². The molecule has 0 heterocycles. The van der Waals surface area contributed by atoms with Gasteiger partial charge in [0.15, 0.2) is 6.10 Å². The summed E-state index contributed by atoms with van der Waals surface area (Å²) < 4.78 is 18.0. The molecule has 0 saturated heterocycles. The van der Waals surface area contributed by atoms with Gasteiger partial charge >= 0.3 is 0 Å². The first-order valence-electron chi connectivity index (χ1n) is 18.3. The minimum atomic E-state index is -0.755. The van der Waals surface area contributed by atoms with Crippen LogP contribution in [0.5, 0.6) is 0 Å². The van der Waals surface area contributed by atoms with E-state index in [1.165, 1.54) is 128 Å². The van der Waals surface area contributed by atoms with Crippen LogP contribution in [0.1, 0.15) is 168 Å². The second-order valence-electron chi connectivity index (χ2n) is 12.8. The first kappa shape index (κ1) is 41.3. The summed E-state index contributed by atoms with van der Waals surface area (Å²) in [6.07, 6.45) is 30.1. The van der Waals surface area contributed by atoms with Crippen LogP contribution in [0.15, 0.2) is 0 Å². The molecule has 1 amide bonds. The van der Waals surface area contributed by atoms with Crippen molar-refractivity contribution < 1.29 is 19.0 Å². The van der Waals surface area contributed by atoms with Crippen molar-refractivity contribution in [2.45, 2.75) is 180 Å². The summed E-state index contributed by atoms with van der Waals surface area (Å²) in [4.78, 5) is 14.4. The van der Waals surface area contributed by atoms with E-state index in [-0.39, 0.29) is 0 Å². The van der Waals surface area contributed by atoms with Gasteiger partial charge in [0.2, 0.25) is 5.91 Å². The monoisotopic (exact) mass is 599 g/mol. The van der Waals surface area contributed by atoms with Gasteiger partial charge < -0.3 is 24.8 Å². The van der Waals surface area contributed by atoms with Crippen molar-refractivity contribution in [2.24, 2.45) is 5.73 Å². The molecule has 0 rings (SSSR count). The van der Waals surface area contributed by atoms with Crippen molar-refractivity contribution in [1.82, 2.24) is 4.90 Å². The first-order valence-corrected chi connectivity index (χ1v) is 18.3. The molecule has 6 heteroatoms. The number of rotatable bonds is 35. The minimum absolute atomic E-state index is 0.331. The molecule has 252 valence electrons. The van der Waals surface area contributed by atoms with E-state index < -0.39 is 18.1 Å². The third-order valence-electron chi connectivity index (χ3n) is 8.21. The molecule has 0 aliphatic rings. The lowest BCUT2D eigenvalue weighted by atomic mass is 10.1. The highest BCUT2D eigenvalue weighted by molar-refractivity contribution is 5.79. The summed E-state index contributed by atoms with van der Waals surface area (Å²) in [5.74, 6) is -0.454. The largest absolute Gasteiger partial charge is 0.377 e. The number of primary amides is 1. The highest BCUT2D eigenvalue weighted by Crippen LogP contribution is 2.15. The number of likely N-dealkylation sites (N-methyl/N-ethyl adjacent to an activating group) is 1. The van der Waals surface area contributed by atoms with Gasteiger partial charge in [-0.05, 0) is 26.9 Å². The Balaban J connectivity index is 4.16. The molecular formula is C36H74N2O4. The summed E-state index contributed by atoms with van der Waals surface area (Å²) in [7, 11) is 4.05. The van der Waals surface area contributed by atoms with Crippen molar-refractivity contribution in [1.29, 1.82) is 0 Å². The van der Waals surface area contributed by atoms with Gasteiger partial charge in [0, 0.05) is 19.8 Å². The van der Waals surface area contributed by atoms with Gasteiger partial charge in [0.05, 0.1) is 13.2 Å². The average Bonchev–Trinajstić information content (AvgIpc) is 2.96. The molecule has 2 atom stereocenters. The molecule has 0 fully saturated rings. The number of nitrogens with two attached hydrogens (primary N) is 1. The molecule has 0 spiro atoms. The highest BCUT2D eigenvalue weighted by Gasteiger charge is 2.28. The average molecular weight is 599 g/mol. The topological polar surface area (TPSA) is 74.0 Å². The van der Waals surface area contributed by atoms with Gasteiger partial charge in [-0.15, -0.1) is 0 Å². The van der Waals surface area contributed by atoms with Crippen LogP contribution in [0.3, 0.4) is 0 Å². The molecular weight excluding hydrogens is 524 g/mol. The van der Waals surface area contributed by atoms with Crippen molar-refractivity contribution in [3.05, 3.63) is 0 Å². The fraction of sp³-hybridized carbons (Fsp3) is 0.972. The molecule has 0 aliphatic carbocycles. The van der Waals surface area contributed by atoms with E-state index in [1.54, 1.807) is 0 Å². The molecule has 2 unspecified atom stereocenters. The zero-order chi connectivity index (χ0) is 30.9. The second kappa shape index (κ2) is 33.2. The van der Waals surface area contributed by atoms with E-state index in [4.69, 9.17) is 19.9 Å². The lowest BCUT2D eigenvalue weighted by molar-refractivity contribution is -0.148. The Morgan fingerprint density at radius 1 is 0.548 bits per heavy atom. The molecule has 0 saturated carbocycles. The van der Waals surface area contributed by atoms with E-state index in [0.29, 0.717) is 26.4 Å². The fourth-order valence-electron chi connectivity index (χ4n) is 5.37. The number of hydrogen-bond acceptors (Lipinski definition) is 5. The highest BCUT2D eigenvalue weighted by atomic mass is 16.6. The van der Waals surface area contributed by atoms with Crippen molar-refractivity contribution in [2.75, 3.05) is 47.1 Å². The van der Waals surface area contributed by atoms with Crippen LogP contribution in [0.2, 0.25) is 0 Å². The Morgan fingerprint density at radius 3 is 1.26 bits per heavy atom. The molecule has 0 aromatic heterocycles. The molecule has 2 N–H and O–H groups in total. The smallest absolute Gasteiger partial charge is 0.249 e. The fourth-order valence-corrected chi connectivity index (χ4v) is 5.37. The molecule has 0 aliphatic heterocycles. The summed E-state index contributed by atoms with van der Waals surface area (Å²) in [5.41, 5.74) is 5.77. The minimum Gasteiger partial charge on any atom is -0.377 e. The maximum Gasteiger partial charge on any atom is 0.249 e. The van der Waals surface area contributed by atoms with E-state index >= 15 is 0 Å². The number of amides is 1. The van der Waals surface area contributed by atoms with Crippen molar-refractivity contribution in [3.8, 4) is 0 Å². The van der Waals surface area contributed by atoms with E-state index in [9.17, 15) is 4.79 Å². The Kier molecular flexibility index (Phi) is 32.7. The Bertz CT molecular complexity index is 546. The van der Waals surface area contributed by atoms with Gasteiger partial charge in [0.25, 0.3) is 0 Å². The van der Waals surface area contributed by atoms with Gasteiger partial charge in [-0.3, -0.25) is 4.79 Å². The maximum absolute atomic E-state index is 12.3. The van der Waals surface area contributed by atoms with Crippen LogP contribution >= 0.6 is 0 Å². The summed E-state index contributed by atoms with van der Waals surface area (Å²) in [5, 5.41) is 0. The third kappa shape index (κ3) is 29.4. The van der Waals surface area contributed by atoms with Gasteiger partial charge in [0.1, 0.15) is 6.10 Å². The number of hydrogen-bond donors (Lipinski definition) is 1. The molecule has 42 heavy (non-hydrogen) atoms. The van der Waals surface area contributed by atoms with Crippen molar-refractivity contribution >= 4 is 5.91 Å². The van der Waals surface area contributed by atoms with E-state index in [0.717, 1.165) is 32.2 Å². The van der Waals surface area contributed by atoms with Crippen LogP contribution in [0.25, 0.3) is 0 Å². The molecule has 0 aromatic carbocycles. The van der Waals surface area contributed by atoms with E-state index in [1.807, 2.05) is 14.1 Å². The second-order valence-corrected chi connectivity index (χ2v) is 12.8. The zero-order valence-electron chi connectivity index (χ0n) is 28.8. The SMILES string of the molecule is CCCCCCCCCCCCCCOC(COCCN(C)C)C(OCCCCCCCCCCCCCC)C(N)=O.